The number of rotatable bonds is 8. The Hall–Kier alpha value is -2.47. The molecule has 0 saturated heterocycles. The third-order valence-electron chi connectivity index (χ3n) is 3.38. The maximum absolute atomic E-state index is 11.9. The fourth-order valence-corrected chi connectivity index (χ4v) is 2.89. The average Bonchev–Trinajstić information content (AvgIpc) is 2.67. The van der Waals surface area contributed by atoms with Gasteiger partial charge in [-0.05, 0) is 17.7 Å². The van der Waals surface area contributed by atoms with Crippen LogP contribution in [0.5, 0.6) is 0 Å². The molecule has 132 valence electrons. The van der Waals surface area contributed by atoms with Gasteiger partial charge in [-0.2, -0.15) is 0 Å². The number of aliphatic imine (C=N–C) groups is 1. The van der Waals surface area contributed by atoms with Gasteiger partial charge in [0.05, 0.1) is 6.54 Å². The highest BCUT2D eigenvalue weighted by Gasteiger charge is 2.03. The summed E-state index contributed by atoms with van der Waals surface area (Å²) in [5.74, 6) is 1.49. The standard InChI is InChI=1S/C19H24N4OS/c1-20-19(21-12-13-25-17-10-6-3-7-11-17)23-15-18(24)22-14-16-8-4-2-5-9-16/h2-11H,12-15H2,1H3,(H,22,24)(H2,20,21,23). The van der Waals surface area contributed by atoms with E-state index < -0.39 is 0 Å². The van der Waals surface area contributed by atoms with Crippen molar-refractivity contribution in [1.82, 2.24) is 16.0 Å². The van der Waals surface area contributed by atoms with Gasteiger partial charge >= 0.3 is 0 Å². The topological polar surface area (TPSA) is 65.5 Å². The molecule has 2 aromatic carbocycles. The third-order valence-corrected chi connectivity index (χ3v) is 4.39. The van der Waals surface area contributed by atoms with Crippen LogP contribution in [0.15, 0.2) is 70.6 Å². The maximum atomic E-state index is 11.9. The second-order valence-electron chi connectivity index (χ2n) is 5.28. The van der Waals surface area contributed by atoms with Crippen molar-refractivity contribution >= 4 is 23.6 Å². The zero-order chi connectivity index (χ0) is 17.7. The summed E-state index contributed by atoms with van der Waals surface area (Å²) in [5.41, 5.74) is 1.08. The Bertz CT molecular complexity index is 662. The molecule has 0 fully saturated rings. The Balaban J connectivity index is 1.60. The van der Waals surface area contributed by atoms with Gasteiger partial charge in [-0.3, -0.25) is 9.79 Å². The van der Waals surface area contributed by atoms with Crippen molar-refractivity contribution in [3.63, 3.8) is 0 Å². The van der Waals surface area contributed by atoms with Crippen molar-refractivity contribution in [2.75, 3.05) is 25.9 Å². The number of hydrogen-bond acceptors (Lipinski definition) is 3. The van der Waals surface area contributed by atoms with E-state index in [1.807, 2.05) is 48.5 Å². The summed E-state index contributed by atoms with van der Waals surface area (Å²) in [6.45, 7) is 1.49. The number of amides is 1. The van der Waals surface area contributed by atoms with Gasteiger partial charge in [0, 0.05) is 30.8 Å². The van der Waals surface area contributed by atoms with Crippen LogP contribution in [0.2, 0.25) is 0 Å². The van der Waals surface area contributed by atoms with E-state index in [1.54, 1.807) is 18.8 Å². The summed E-state index contributed by atoms with van der Waals surface area (Å²) in [7, 11) is 1.70. The van der Waals surface area contributed by atoms with E-state index in [9.17, 15) is 4.79 Å². The molecule has 5 nitrogen and oxygen atoms in total. The Kier molecular flexibility index (Phi) is 8.41. The number of benzene rings is 2. The lowest BCUT2D eigenvalue weighted by molar-refractivity contribution is -0.120. The van der Waals surface area contributed by atoms with Crippen LogP contribution < -0.4 is 16.0 Å². The minimum Gasteiger partial charge on any atom is -0.356 e. The van der Waals surface area contributed by atoms with Crippen molar-refractivity contribution < 1.29 is 4.79 Å². The van der Waals surface area contributed by atoms with E-state index in [4.69, 9.17) is 0 Å². The molecule has 6 heteroatoms. The van der Waals surface area contributed by atoms with Crippen LogP contribution in [-0.2, 0) is 11.3 Å². The van der Waals surface area contributed by atoms with E-state index in [0.29, 0.717) is 12.5 Å². The average molecular weight is 356 g/mol. The van der Waals surface area contributed by atoms with Crippen LogP contribution in [0.4, 0.5) is 0 Å². The van der Waals surface area contributed by atoms with Gasteiger partial charge in [0.25, 0.3) is 0 Å². The molecule has 0 spiro atoms. The number of hydrogen-bond donors (Lipinski definition) is 3. The molecule has 0 atom stereocenters. The van der Waals surface area contributed by atoms with E-state index in [2.05, 4.69) is 33.1 Å². The number of thioether (sulfide) groups is 1. The highest BCUT2D eigenvalue weighted by molar-refractivity contribution is 7.99. The van der Waals surface area contributed by atoms with Gasteiger partial charge in [0.2, 0.25) is 5.91 Å². The van der Waals surface area contributed by atoms with E-state index in [0.717, 1.165) is 17.9 Å². The highest BCUT2D eigenvalue weighted by atomic mass is 32.2. The fourth-order valence-electron chi connectivity index (χ4n) is 2.10. The van der Waals surface area contributed by atoms with E-state index in [1.165, 1.54) is 4.90 Å². The molecule has 0 heterocycles. The fraction of sp³-hybridized carbons (Fsp3) is 0.263. The van der Waals surface area contributed by atoms with Crippen LogP contribution in [-0.4, -0.2) is 37.8 Å². The number of carbonyl (C=O) groups excluding carboxylic acids is 1. The second-order valence-corrected chi connectivity index (χ2v) is 6.44. The predicted molar refractivity (Wildman–Crippen MR) is 105 cm³/mol. The van der Waals surface area contributed by atoms with Gasteiger partial charge in [0.1, 0.15) is 0 Å². The molecule has 2 aromatic rings. The Morgan fingerprint density at radius 1 is 0.960 bits per heavy atom. The zero-order valence-electron chi connectivity index (χ0n) is 14.4. The Morgan fingerprint density at radius 2 is 1.64 bits per heavy atom. The third kappa shape index (κ3) is 7.76. The summed E-state index contributed by atoms with van der Waals surface area (Å²) in [5, 5.41) is 9.11. The van der Waals surface area contributed by atoms with Crippen LogP contribution in [0, 0.1) is 0 Å². The van der Waals surface area contributed by atoms with Crippen molar-refractivity contribution in [2.45, 2.75) is 11.4 Å². The smallest absolute Gasteiger partial charge is 0.239 e. The number of nitrogens with one attached hydrogen (secondary N) is 3. The first-order chi connectivity index (χ1) is 12.3. The highest BCUT2D eigenvalue weighted by Crippen LogP contribution is 2.15. The van der Waals surface area contributed by atoms with Gasteiger partial charge in [-0.25, -0.2) is 0 Å². The first-order valence-corrected chi connectivity index (χ1v) is 9.19. The summed E-state index contributed by atoms with van der Waals surface area (Å²) in [6, 6.07) is 20.1. The molecule has 0 saturated carbocycles. The van der Waals surface area contributed by atoms with Crippen LogP contribution >= 0.6 is 11.8 Å². The molecule has 1 amide bonds. The Morgan fingerprint density at radius 3 is 2.32 bits per heavy atom. The molecule has 25 heavy (non-hydrogen) atoms. The summed E-state index contributed by atoms with van der Waals surface area (Å²) in [4.78, 5) is 17.3. The molecular formula is C19H24N4OS. The van der Waals surface area contributed by atoms with Crippen LogP contribution in [0.25, 0.3) is 0 Å². The molecule has 0 aliphatic carbocycles. The van der Waals surface area contributed by atoms with Gasteiger partial charge in [-0.1, -0.05) is 48.5 Å². The molecule has 0 aliphatic rings. The predicted octanol–water partition coefficient (Wildman–Crippen LogP) is 2.26. The first kappa shape index (κ1) is 18.9. The van der Waals surface area contributed by atoms with E-state index >= 15 is 0 Å². The lowest BCUT2D eigenvalue weighted by atomic mass is 10.2. The SMILES string of the molecule is CN=C(NCCSc1ccccc1)NCC(=O)NCc1ccccc1. The van der Waals surface area contributed by atoms with Crippen molar-refractivity contribution in [2.24, 2.45) is 4.99 Å². The monoisotopic (exact) mass is 356 g/mol. The quantitative estimate of drug-likeness (QED) is 0.294. The molecule has 0 aliphatic heterocycles. The molecule has 3 N–H and O–H groups in total. The molecule has 0 unspecified atom stereocenters. The normalized spacial score (nSPS) is 11.0. The van der Waals surface area contributed by atoms with Crippen LogP contribution in [0.1, 0.15) is 5.56 Å². The van der Waals surface area contributed by atoms with Gasteiger partial charge < -0.3 is 16.0 Å². The minimum atomic E-state index is -0.0644. The lowest BCUT2D eigenvalue weighted by Crippen LogP contribution is -2.43. The van der Waals surface area contributed by atoms with E-state index in [-0.39, 0.29) is 12.5 Å². The van der Waals surface area contributed by atoms with Crippen molar-refractivity contribution in [1.29, 1.82) is 0 Å². The summed E-state index contributed by atoms with van der Waals surface area (Å²) < 4.78 is 0. The second kappa shape index (κ2) is 11.1. The van der Waals surface area contributed by atoms with Gasteiger partial charge in [0.15, 0.2) is 5.96 Å². The van der Waals surface area contributed by atoms with Crippen molar-refractivity contribution in [3.8, 4) is 0 Å². The lowest BCUT2D eigenvalue weighted by Gasteiger charge is -2.12. The van der Waals surface area contributed by atoms with Crippen molar-refractivity contribution in [3.05, 3.63) is 66.2 Å². The minimum absolute atomic E-state index is 0.0644. The number of guanidine groups is 1. The number of nitrogens with zero attached hydrogens (tertiary/aromatic N) is 1. The molecular weight excluding hydrogens is 332 g/mol. The summed E-state index contributed by atoms with van der Waals surface area (Å²) in [6.07, 6.45) is 0. The van der Waals surface area contributed by atoms with Gasteiger partial charge in [-0.15, -0.1) is 11.8 Å². The first-order valence-electron chi connectivity index (χ1n) is 8.21. The van der Waals surface area contributed by atoms with Crippen LogP contribution in [0.3, 0.4) is 0 Å². The zero-order valence-corrected chi connectivity index (χ0v) is 15.2. The molecule has 0 bridgehead atoms. The maximum Gasteiger partial charge on any atom is 0.239 e. The molecule has 0 radical (unpaired) electrons. The number of carbonyl (C=O) groups is 1. The molecule has 0 aromatic heterocycles. The molecule has 2 rings (SSSR count). The summed E-state index contributed by atoms with van der Waals surface area (Å²) >= 11 is 1.78. The Labute approximate surface area is 153 Å². The largest absolute Gasteiger partial charge is 0.356 e.